The molecule has 10 nitrogen and oxygen atoms in total. The number of ether oxygens (including phenoxy) is 2. The number of cyclic esters (lactones) is 2. The van der Waals surface area contributed by atoms with Crippen LogP contribution in [0.2, 0.25) is 0 Å². The van der Waals surface area contributed by atoms with Gasteiger partial charge in [-0.25, -0.2) is 4.79 Å². The Labute approximate surface area is 185 Å². The minimum absolute atomic E-state index is 0.106. The fourth-order valence-electron chi connectivity index (χ4n) is 4.16. The molecule has 0 radical (unpaired) electrons. The van der Waals surface area contributed by atoms with E-state index in [0.29, 0.717) is 12.0 Å². The van der Waals surface area contributed by atoms with Gasteiger partial charge in [0.1, 0.15) is 17.4 Å². The summed E-state index contributed by atoms with van der Waals surface area (Å²) in [5.74, 6) is -2.58. The van der Waals surface area contributed by atoms with Crippen LogP contribution >= 0.6 is 0 Å². The number of nitrogens with one attached hydrogen (secondary N) is 2. The van der Waals surface area contributed by atoms with Crippen molar-refractivity contribution in [2.45, 2.75) is 70.4 Å². The molecule has 2 aliphatic heterocycles. The summed E-state index contributed by atoms with van der Waals surface area (Å²) < 4.78 is 10.6. The Morgan fingerprint density at radius 1 is 1.19 bits per heavy atom. The van der Waals surface area contributed by atoms with Gasteiger partial charge in [-0.2, -0.15) is 0 Å². The molecule has 2 aliphatic rings. The Balaban J connectivity index is 1.75. The first kappa shape index (κ1) is 23.5. The maximum atomic E-state index is 12.8. The van der Waals surface area contributed by atoms with Gasteiger partial charge in [-0.05, 0) is 24.0 Å². The number of amides is 2. The molecule has 0 spiro atoms. The van der Waals surface area contributed by atoms with E-state index >= 15 is 0 Å². The lowest BCUT2D eigenvalue weighted by molar-refractivity contribution is -0.151. The zero-order chi connectivity index (χ0) is 23.6. The van der Waals surface area contributed by atoms with E-state index in [1.165, 1.54) is 13.0 Å². The number of carbonyl (C=O) groups is 4. The molecule has 174 valence electrons. The van der Waals surface area contributed by atoms with E-state index in [0.717, 1.165) is 0 Å². The summed E-state index contributed by atoms with van der Waals surface area (Å²) in [6.07, 6.45) is -3.08. The maximum Gasteiger partial charge on any atom is 0.342 e. The van der Waals surface area contributed by atoms with Crippen LogP contribution in [0, 0.1) is 5.92 Å². The number of benzene rings is 1. The van der Waals surface area contributed by atoms with E-state index in [2.05, 4.69) is 10.6 Å². The number of hydrogen-bond donors (Lipinski definition) is 4. The number of esters is 2. The van der Waals surface area contributed by atoms with Crippen LogP contribution in [0.5, 0.6) is 5.75 Å². The SMILES string of the molecule is CC(=O)N[C@@H]1CC(=O)O[C@H]1[C@@H](O)C(=O)N[C@@H](CC(C)C)[C@H]1Cc2cccc(O)c2C(=O)O1. The van der Waals surface area contributed by atoms with Gasteiger partial charge in [-0.3, -0.25) is 14.4 Å². The molecule has 32 heavy (non-hydrogen) atoms. The van der Waals surface area contributed by atoms with Gasteiger partial charge in [0.2, 0.25) is 5.91 Å². The highest BCUT2D eigenvalue weighted by Gasteiger charge is 2.44. The third kappa shape index (κ3) is 5.18. The maximum absolute atomic E-state index is 12.8. The first-order chi connectivity index (χ1) is 15.1. The van der Waals surface area contributed by atoms with Gasteiger partial charge in [0, 0.05) is 13.3 Å². The number of hydrogen-bond acceptors (Lipinski definition) is 8. The highest BCUT2D eigenvalue weighted by molar-refractivity contribution is 5.95. The largest absolute Gasteiger partial charge is 0.507 e. The predicted molar refractivity (Wildman–Crippen MR) is 111 cm³/mol. The monoisotopic (exact) mass is 448 g/mol. The summed E-state index contributed by atoms with van der Waals surface area (Å²) in [4.78, 5) is 48.4. The van der Waals surface area contributed by atoms with Crippen LogP contribution in [-0.4, -0.2) is 64.4 Å². The van der Waals surface area contributed by atoms with Crippen LogP contribution in [0.1, 0.15) is 49.5 Å². The van der Waals surface area contributed by atoms with Crippen molar-refractivity contribution in [1.29, 1.82) is 0 Å². The lowest BCUT2D eigenvalue weighted by Gasteiger charge is -2.33. The second-order valence-electron chi connectivity index (χ2n) is 8.61. The van der Waals surface area contributed by atoms with Gasteiger partial charge in [-0.1, -0.05) is 26.0 Å². The first-order valence-electron chi connectivity index (χ1n) is 10.5. The van der Waals surface area contributed by atoms with Crippen molar-refractivity contribution in [3.8, 4) is 5.75 Å². The molecular formula is C22H28N2O8. The third-order valence-corrected chi connectivity index (χ3v) is 5.53. The number of aliphatic hydroxyl groups excluding tert-OH is 1. The zero-order valence-electron chi connectivity index (χ0n) is 18.2. The van der Waals surface area contributed by atoms with Crippen molar-refractivity contribution >= 4 is 23.8 Å². The molecule has 0 aromatic heterocycles. The quantitative estimate of drug-likeness (QED) is 0.432. The van der Waals surface area contributed by atoms with E-state index in [1.807, 2.05) is 13.8 Å². The average Bonchev–Trinajstić information content (AvgIpc) is 3.05. The third-order valence-electron chi connectivity index (χ3n) is 5.53. The number of phenolic OH excluding ortho intramolecular Hbond substituents is 1. The number of phenols is 1. The molecule has 0 unspecified atom stereocenters. The van der Waals surface area contributed by atoms with E-state index in [1.54, 1.807) is 12.1 Å². The fraction of sp³-hybridized carbons (Fsp3) is 0.545. The van der Waals surface area contributed by atoms with Crippen LogP contribution in [-0.2, 0) is 30.3 Å². The molecule has 5 atom stereocenters. The molecular weight excluding hydrogens is 420 g/mol. The van der Waals surface area contributed by atoms with Crippen molar-refractivity contribution in [2.24, 2.45) is 5.92 Å². The van der Waals surface area contributed by atoms with Crippen LogP contribution in [0.15, 0.2) is 18.2 Å². The standard InChI is InChI=1S/C22H28N2O8/c1-10(2)7-13(16-8-12-5-4-6-15(26)18(12)22(30)31-16)24-21(29)19(28)20-14(23-11(3)25)9-17(27)32-20/h4-6,10,13-14,16,19-20,26,28H,7-9H2,1-3H3,(H,23,25)(H,24,29)/t13-,14+,16+,19+,20+/m0/s1. The number of fused-ring (bicyclic) bond motifs is 1. The minimum Gasteiger partial charge on any atom is -0.507 e. The minimum atomic E-state index is -1.72. The smallest absolute Gasteiger partial charge is 0.342 e. The van der Waals surface area contributed by atoms with Crippen LogP contribution in [0.25, 0.3) is 0 Å². The van der Waals surface area contributed by atoms with Crippen molar-refractivity contribution < 1.29 is 38.9 Å². The Kier molecular flexibility index (Phi) is 7.02. The summed E-state index contributed by atoms with van der Waals surface area (Å²) in [5, 5.41) is 25.8. The summed E-state index contributed by atoms with van der Waals surface area (Å²) in [6.45, 7) is 5.13. The average molecular weight is 448 g/mol. The van der Waals surface area contributed by atoms with Gasteiger partial charge in [0.05, 0.1) is 18.5 Å². The number of rotatable bonds is 7. The molecule has 2 heterocycles. The molecule has 1 saturated heterocycles. The van der Waals surface area contributed by atoms with Gasteiger partial charge in [0.15, 0.2) is 12.2 Å². The molecule has 2 amide bonds. The number of aromatic hydroxyl groups is 1. The van der Waals surface area contributed by atoms with Crippen molar-refractivity contribution in [2.75, 3.05) is 0 Å². The summed E-state index contributed by atoms with van der Waals surface area (Å²) in [6, 6.07) is 3.28. The van der Waals surface area contributed by atoms with Crippen molar-refractivity contribution in [3.05, 3.63) is 29.3 Å². The van der Waals surface area contributed by atoms with Crippen LogP contribution < -0.4 is 10.6 Å². The van der Waals surface area contributed by atoms with Gasteiger partial charge in [0.25, 0.3) is 5.91 Å². The van der Waals surface area contributed by atoms with E-state index in [9.17, 15) is 29.4 Å². The summed E-state index contributed by atoms with van der Waals surface area (Å²) in [5.41, 5.74) is 0.708. The Bertz CT molecular complexity index is 915. The van der Waals surface area contributed by atoms with E-state index in [-0.39, 0.29) is 30.1 Å². The van der Waals surface area contributed by atoms with Crippen molar-refractivity contribution in [1.82, 2.24) is 10.6 Å². The summed E-state index contributed by atoms with van der Waals surface area (Å²) in [7, 11) is 0. The van der Waals surface area contributed by atoms with E-state index < -0.39 is 54.1 Å². The summed E-state index contributed by atoms with van der Waals surface area (Å²) >= 11 is 0. The molecule has 3 rings (SSSR count). The first-order valence-corrected chi connectivity index (χ1v) is 10.5. The van der Waals surface area contributed by atoms with Crippen LogP contribution in [0.3, 0.4) is 0 Å². The second-order valence-corrected chi connectivity index (χ2v) is 8.61. The fourth-order valence-corrected chi connectivity index (χ4v) is 4.16. The molecule has 10 heteroatoms. The Hall–Kier alpha value is -3.14. The molecule has 0 aliphatic carbocycles. The lowest BCUT2D eigenvalue weighted by atomic mass is 9.90. The number of aliphatic hydroxyl groups is 1. The normalized spacial score (nSPS) is 24.2. The second kappa shape index (κ2) is 9.56. The molecule has 1 aromatic rings. The topological polar surface area (TPSA) is 151 Å². The molecule has 1 fully saturated rings. The van der Waals surface area contributed by atoms with Gasteiger partial charge >= 0.3 is 11.9 Å². The molecule has 4 N–H and O–H groups in total. The molecule has 1 aromatic carbocycles. The number of carbonyl (C=O) groups excluding carboxylic acids is 4. The van der Waals surface area contributed by atoms with Gasteiger partial charge in [-0.15, -0.1) is 0 Å². The van der Waals surface area contributed by atoms with Crippen LogP contribution in [0.4, 0.5) is 0 Å². The zero-order valence-corrected chi connectivity index (χ0v) is 18.2. The van der Waals surface area contributed by atoms with Crippen molar-refractivity contribution in [3.63, 3.8) is 0 Å². The Morgan fingerprint density at radius 3 is 2.56 bits per heavy atom. The lowest BCUT2D eigenvalue weighted by Crippen LogP contribution is -2.55. The van der Waals surface area contributed by atoms with E-state index in [4.69, 9.17) is 9.47 Å². The highest BCUT2D eigenvalue weighted by atomic mass is 16.6. The molecule has 0 saturated carbocycles. The Morgan fingerprint density at radius 2 is 1.91 bits per heavy atom. The molecule has 0 bridgehead atoms. The van der Waals surface area contributed by atoms with Gasteiger partial charge < -0.3 is 30.3 Å². The highest BCUT2D eigenvalue weighted by Crippen LogP contribution is 2.30. The predicted octanol–water partition coefficient (Wildman–Crippen LogP) is 0.186.